The van der Waals surface area contributed by atoms with Crippen molar-refractivity contribution in [2.45, 2.75) is 22.7 Å². The summed E-state index contributed by atoms with van der Waals surface area (Å²) in [6, 6.07) is 0. The van der Waals surface area contributed by atoms with Crippen molar-refractivity contribution in [3.8, 4) is 0 Å². The lowest BCUT2D eigenvalue weighted by Gasteiger charge is -2.26. The molecule has 0 unspecified atom stereocenters. The van der Waals surface area contributed by atoms with Gasteiger partial charge in [0.25, 0.3) is 0 Å². The molecule has 0 bridgehead atoms. The van der Waals surface area contributed by atoms with Gasteiger partial charge in [0.2, 0.25) is 0 Å². The van der Waals surface area contributed by atoms with Gasteiger partial charge in [-0.2, -0.15) is 0 Å². The van der Waals surface area contributed by atoms with E-state index in [9.17, 15) is 4.57 Å². The minimum Gasteiger partial charge on any atom is -0.324 e. The zero-order chi connectivity index (χ0) is 8.58. The van der Waals surface area contributed by atoms with Crippen LogP contribution in [-0.2, 0) is 4.57 Å². The van der Waals surface area contributed by atoms with Gasteiger partial charge in [-0.3, -0.25) is 4.57 Å². The van der Waals surface area contributed by atoms with Crippen LogP contribution in [0.4, 0.5) is 0 Å². The molecule has 0 aliphatic carbocycles. The van der Waals surface area contributed by atoms with Crippen LogP contribution in [0.2, 0.25) is 0 Å². The Balaban J connectivity index is 4.58. The first-order valence-electron chi connectivity index (χ1n) is 2.53. The van der Waals surface area contributed by atoms with Gasteiger partial charge in [0, 0.05) is 0 Å². The van der Waals surface area contributed by atoms with Crippen LogP contribution in [-0.4, -0.2) is 18.7 Å². The third kappa shape index (κ3) is 2.31. The topological polar surface area (TPSA) is 57.5 Å². The lowest BCUT2D eigenvalue weighted by molar-refractivity contribution is 0.342. The van der Waals surface area contributed by atoms with E-state index in [0.717, 1.165) is 0 Å². The van der Waals surface area contributed by atoms with Gasteiger partial charge in [-0.05, 0) is 13.8 Å². The molecule has 0 aliphatic rings. The van der Waals surface area contributed by atoms with Gasteiger partial charge < -0.3 is 9.79 Å². The van der Waals surface area contributed by atoms with Gasteiger partial charge in [0.1, 0.15) is 0 Å². The Kier molecular flexibility index (Phi) is 3.59. The monoisotopic (exact) mass is 294 g/mol. The highest BCUT2D eigenvalue weighted by atomic mass is 79.9. The molecule has 0 heterocycles. The molecular formula is C4H9Br2O3P. The molecule has 0 atom stereocenters. The Bertz CT molecular complexity index is 162. The molecule has 2 N–H and O–H groups in total. The SMILES string of the molecule is CC(C)(C(Br)Br)P(=O)(O)O. The van der Waals surface area contributed by atoms with Crippen LogP contribution in [0.1, 0.15) is 13.8 Å². The summed E-state index contributed by atoms with van der Waals surface area (Å²) in [6.45, 7) is 2.98. The van der Waals surface area contributed by atoms with Crippen LogP contribution in [0.3, 0.4) is 0 Å². The predicted octanol–water partition coefficient (Wildman–Crippen LogP) is 2.06. The fourth-order valence-electron chi connectivity index (χ4n) is 0.127. The fraction of sp³-hybridized carbons (Fsp3) is 1.00. The summed E-state index contributed by atoms with van der Waals surface area (Å²) in [7, 11) is -4.02. The molecule has 0 spiro atoms. The summed E-state index contributed by atoms with van der Waals surface area (Å²) >= 11 is 6.11. The maximum atomic E-state index is 10.7. The third-order valence-corrected chi connectivity index (χ3v) is 6.04. The highest BCUT2D eigenvalue weighted by Crippen LogP contribution is 2.55. The molecule has 0 radical (unpaired) electrons. The molecule has 0 rings (SSSR count). The molecule has 0 fully saturated rings. The van der Waals surface area contributed by atoms with E-state index in [1.54, 1.807) is 0 Å². The Hall–Kier alpha value is 1.11. The quantitative estimate of drug-likeness (QED) is 0.606. The number of alkyl halides is 2. The molecule has 0 saturated heterocycles. The van der Waals surface area contributed by atoms with Crippen molar-refractivity contribution < 1.29 is 14.4 Å². The fourth-order valence-corrected chi connectivity index (χ4v) is 1.98. The molecule has 6 heteroatoms. The first-order chi connectivity index (χ1) is 4.19. The minimum absolute atomic E-state index is 0.381. The van der Waals surface area contributed by atoms with Crippen LogP contribution in [0.5, 0.6) is 0 Å². The van der Waals surface area contributed by atoms with E-state index in [-0.39, 0.29) is 3.74 Å². The second-order valence-electron chi connectivity index (χ2n) is 2.50. The smallest absolute Gasteiger partial charge is 0.324 e. The molecule has 0 aromatic rings. The van der Waals surface area contributed by atoms with E-state index in [1.807, 2.05) is 0 Å². The van der Waals surface area contributed by atoms with Crippen molar-refractivity contribution in [2.24, 2.45) is 0 Å². The average Bonchev–Trinajstić information content (AvgIpc) is 1.62. The van der Waals surface area contributed by atoms with Gasteiger partial charge in [-0.15, -0.1) is 0 Å². The molecule has 0 aromatic carbocycles. The second-order valence-corrected chi connectivity index (χ2v) is 7.80. The molecule has 0 aromatic heterocycles. The zero-order valence-corrected chi connectivity index (χ0v) is 9.65. The van der Waals surface area contributed by atoms with E-state index in [1.165, 1.54) is 13.8 Å². The van der Waals surface area contributed by atoms with E-state index >= 15 is 0 Å². The Morgan fingerprint density at radius 1 is 1.40 bits per heavy atom. The summed E-state index contributed by atoms with van der Waals surface area (Å²) in [6.07, 6.45) is 0. The number of halogens is 2. The van der Waals surface area contributed by atoms with Crippen LogP contribution < -0.4 is 0 Å². The maximum absolute atomic E-state index is 10.7. The Morgan fingerprint density at radius 3 is 1.70 bits per heavy atom. The summed E-state index contributed by atoms with van der Waals surface area (Å²) in [5.41, 5.74) is 0. The van der Waals surface area contributed by atoms with E-state index in [2.05, 4.69) is 31.9 Å². The molecule has 62 valence electrons. The number of hydrogen-bond acceptors (Lipinski definition) is 1. The number of rotatable bonds is 2. The predicted molar refractivity (Wildman–Crippen MR) is 47.8 cm³/mol. The van der Waals surface area contributed by atoms with Gasteiger partial charge in [-0.1, -0.05) is 31.9 Å². The summed E-state index contributed by atoms with van der Waals surface area (Å²) in [5, 5.41) is -1.06. The molecule has 0 aliphatic heterocycles. The third-order valence-electron chi connectivity index (χ3n) is 1.28. The summed E-state index contributed by atoms with van der Waals surface area (Å²) in [5.74, 6) is 0. The van der Waals surface area contributed by atoms with Crippen molar-refractivity contribution in [1.82, 2.24) is 0 Å². The van der Waals surface area contributed by atoms with Crippen molar-refractivity contribution in [3.63, 3.8) is 0 Å². The van der Waals surface area contributed by atoms with Crippen LogP contribution in [0, 0.1) is 0 Å². The van der Waals surface area contributed by atoms with Crippen LogP contribution in [0.15, 0.2) is 0 Å². The minimum atomic E-state index is -4.02. The Morgan fingerprint density at radius 2 is 1.70 bits per heavy atom. The van der Waals surface area contributed by atoms with Gasteiger partial charge in [0.15, 0.2) is 0 Å². The Labute approximate surface area is 76.6 Å². The van der Waals surface area contributed by atoms with Crippen LogP contribution >= 0.6 is 39.5 Å². The highest BCUT2D eigenvalue weighted by Gasteiger charge is 2.42. The van der Waals surface area contributed by atoms with Gasteiger partial charge >= 0.3 is 7.60 Å². The van der Waals surface area contributed by atoms with E-state index in [4.69, 9.17) is 9.79 Å². The van der Waals surface area contributed by atoms with Crippen LogP contribution in [0.25, 0.3) is 0 Å². The lowest BCUT2D eigenvalue weighted by atomic mass is 10.3. The van der Waals surface area contributed by atoms with Gasteiger partial charge in [0.05, 0.1) is 8.89 Å². The van der Waals surface area contributed by atoms with E-state index in [0.29, 0.717) is 0 Å². The zero-order valence-electron chi connectivity index (χ0n) is 5.58. The van der Waals surface area contributed by atoms with E-state index < -0.39 is 12.8 Å². The largest absolute Gasteiger partial charge is 0.333 e. The lowest BCUT2D eigenvalue weighted by Crippen LogP contribution is -2.27. The second kappa shape index (κ2) is 3.23. The molecule has 10 heavy (non-hydrogen) atoms. The van der Waals surface area contributed by atoms with Crippen molar-refractivity contribution in [2.75, 3.05) is 0 Å². The normalized spacial score (nSPS) is 14.3. The molecule has 0 saturated carbocycles. The molecule has 3 nitrogen and oxygen atoms in total. The van der Waals surface area contributed by atoms with Crippen molar-refractivity contribution >= 4 is 39.5 Å². The first-order valence-corrected chi connectivity index (χ1v) is 5.98. The van der Waals surface area contributed by atoms with Crippen molar-refractivity contribution in [3.05, 3.63) is 0 Å². The molecular weight excluding hydrogens is 287 g/mol. The maximum Gasteiger partial charge on any atom is 0.333 e. The summed E-state index contributed by atoms with van der Waals surface area (Å²) in [4.78, 5) is 17.5. The van der Waals surface area contributed by atoms with Crippen molar-refractivity contribution in [1.29, 1.82) is 0 Å². The average molecular weight is 296 g/mol. The standard InChI is InChI=1S/C4H9Br2O3P/c1-4(2,3(5)6)10(7,8)9/h3H,1-2H3,(H2,7,8,9). The highest BCUT2D eigenvalue weighted by molar-refractivity contribution is 9.24. The summed E-state index contributed by atoms with van der Waals surface area (Å²) < 4.78 is 10.3. The number of hydrogen-bond donors (Lipinski definition) is 2. The van der Waals surface area contributed by atoms with Gasteiger partial charge in [-0.25, -0.2) is 0 Å². The molecule has 0 amide bonds. The first kappa shape index (κ1) is 11.1.